The molecule has 0 radical (unpaired) electrons. The number of carbonyl (C=O) groups is 1. The summed E-state index contributed by atoms with van der Waals surface area (Å²) in [6.45, 7) is 1.41. The molecular formula is C13H18N2O2. The number of nitrogens with zero attached hydrogens (tertiary/aromatic N) is 1. The van der Waals surface area contributed by atoms with E-state index in [1.807, 2.05) is 18.2 Å². The largest absolute Gasteiger partial charge is 0.476 e. The highest BCUT2D eigenvalue weighted by molar-refractivity contribution is 5.79. The molecule has 1 N–H and O–H groups in total. The van der Waals surface area contributed by atoms with Gasteiger partial charge in [0.05, 0.1) is 0 Å². The predicted molar refractivity (Wildman–Crippen MR) is 65.0 cm³/mol. The Balaban J connectivity index is 1.59. The molecule has 1 aromatic heterocycles. The van der Waals surface area contributed by atoms with Crippen LogP contribution < -0.4 is 10.1 Å². The summed E-state index contributed by atoms with van der Waals surface area (Å²) in [6.07, 6.45) is 5.08. The van der Waals surface area contributed by atoms with E-state index in [-0.39, 0.29) is 0 Å². The van der Waals surface area contributed by atoms with Gasteiger partial charge in [0.15, 0.2) is 0 Å². The van der Waals surface area contributed by atoms with Crippen LogP contribution in [0.3, 0.4) is 0 Å². The second-order valence-electron chi connectivity index (χ2n) is 4.28. The lowest BCUT2D eigenvalue weighted by molar-refractivity contribution is -0.120. The molecule has 0 aromatic carbocycles. The minimum absolute atomic E-state index is 0.396. The zero-order valence-electron chi connectivity index (χ0n) is 9.89. The standard InChI is InChI=1S/C13H18N2O2/c16-12-6-4-11(5-7-12)14-9-10-17-13-3-1-2-8-15-13/h1-3,8,11,14H,4-7,9-10H2. The first-order valence-electron chi connectivity index (χ1n) is 6.13. The van der Waals surface area contributed by atoms with Gasteiger partial charge < -0.3 is 10.1 Å². The van der Waals surface area contributed by atoms with Gasteiger partial charge in [-0.05, 0) is 18.9 Å². The molecule has 0 atom stereocenters. The summed E-state index contributed by atoms with van der Waals surface area (Å²) in [5, 5.41) is 3.41. The highest BCUT2D eigenvalue weighted by Gasteiger charge is 2.17. The first kappa shape index (κ1) is 12.0. The second-order valence-corrected chi connectivity index (χ2v) is 4.28. The lowest BCUT2D eigenvalue weighted by Gasteiger charge is -2.22. The molecule has 4 heteroatoms. The second kappa shape index (κ2) is 6.35. The smallest absolute Gasteiger partial charge is 0.213 e. The molecule has 0 saturated heterocycles. The molecule has 0 amide bonds. The van der Waals surface area contributed by atoms with Gasteiger partial charge in [0, 0.05) is 37.7 Å². The van der Waals surface area contributed by atoms with E-state index in [1.165, 1.54) is 0 Å². The van der Waals surface area contributed by atoms with Crippen LogP contribution in [0.4, 0.5) is 0 Å². The molecule has 0 spiro atoms. The van der Waals surface area contributed by atoms with E-state index in [9.17, 15) is 4.79 Å². The van der Waals surface area contributed by atoms with Crippen molar-refractivity contribution in [1.82, 2.24) is 10.3 Å². The van der Waals surface area contributed by atoms with Crippen molar-refractivity contribution in [3.8, 4) is 5.88 Å². The molecule has 17 heavy (non-hydrogen) atoms. The van der Waals surface area contributed by atoms with Crippen LogP contribution in [0.15, 0.2) is 24.4 Å². The summed E-state index contributed by atoms with van der Waals surface area (Å²) < 4.78 is 5.48. The number of rotatable bonds is 5. The Morgan fingerprint density at radius 2 is 2.18 bits per heavy atom. The number of nitrogens with one attached hydrogen (secondary N) is 1. The third-order valence-electron chi connectivity index (χ3n) is 2.97. The molecule has 1 fully saturated rings. The van der Waals surface area contributed by atoms with Gasteiger partial charge in [-0.2, -0.15) is 0 Å². The average Bonchev–Trinajstić information content (AvgIpc) is 2.38. The van der Waals surface area contributed by atoms with E-state index in [0.717, 1.165) is 32.2 Å². The number of hydrogen-bond acceptors (Lipinski definition) is 4. The molecule has 1 aliphatic rings. The zero-order chi connectivity index (χ0) is 11.9. The van der Waals surface area contributed by atoms with E-state index in [2.05, 4.69) is 10.3 Å². The fourth-order valence-corrected chi connectivity index (χ4v) is 2.00. The van der Waals surface area contributed by atoms with Crippen molar-refractivity contribution in [2.75, 3.05) is 13.2 Å². The first-order chi connectivity index (χ1) is 8.34. The van der Waals surface area contributed by atoms with Crippen molar-refractivity contribution < 1.29 is 9.53 Å². The van der Waals surface area contributed by atoms with Crippen LogP contribution in [-0.2, 0) is 4.79 Å². The maximum atomic E-state index is 11.1. The van der Waals surface area contributed by atoms with Crippen LogP contribution in [0.25, 0.3) is 0 Å². The lowest BCUT2D eigenvalue weighted by atomic mass is 9.94. The maximum Gasteiger partial charge on any atom is 0.213 e. The van der Waals surface area contributed by atoms with Crippen molar-refractivity contribution in [1.29, 1.82) is 0 Å². The number of pyridine rings is 1. The fourth-order valence-electron chi connectivity index (χ4n) is 2.00. The van der Waals surface area contributed by atoms with Gasteiger partial charge in [0.2, 0.25) is 5.88 Å². The van der Waals surface area contributed by atoms with Crippen LogP contribution in [0.1, 0.15) is 25.7 Å². The van der Waals surface area contributed by atoms with Gasteiger partial charge >= 0.3 is 0 Å². The third kappa shape index (κ3) is 4.15. The van der Waals surface area contributed by atoms with E-state index in [1.54, 1.807) is 6.20 Å². The van der Waals surface area contributed by atoms with E-state index in [4.69, 9.17) is 4.74 Å². The van der Waals surface area contributed by atoms with Crippen molar-refractivity contribution in [2.45, 2.75) is 31.7 Å². The summed E-state index contributed by atoms with van der Waals surface area (Å²) in [7, 11) is 0. The van der Waals surface area contributed by atoms with Gasteiger partial charge in [0.1, 0.15) is 12.4 Å². The monoisotopic (exact) mass is 234 g/mol. The van der Waals surface area contributed by atoms with Crippen molar-refractivity contribution in [3.63, 3.8) is 0 Å². The van der Waals surface area contributed by atoms with Gasteiger partial charge in [-0.25, -0.2) is 4.98 Å². The number of aromatic nitrogens is 1. The SMILES string of the molecule is O=C1CCC(NCCOc2ccccn2)CC1. The highest BCUT2D eigenvalue weighted by Crippen LogP contribution is 2.14. The van der Waals surface area contributed by atoms with Crippen LogP contribution in [-0.4, -0.2) is 30.0 Å². The zero-order valence-corrected chi connectivity index (χ0v) is 9.89. The van der Waals surface area contributed by atoms with Crippen LogP contribution in [0, 0.1) is 0 Å². The Bertz CT molecular complexity index is 344. The first-order valence-corrected chi connectivity index (χ1v) is 6.13. The summed E-state index contributed by atoms with van der Waals surface area (Å²) in [5.41, 5.74) is 0. The molecule has 0 unspecified atom stereocenters. The average molecular weight is 234 g/mol. The minimum atomic E-state index is 0.396. The fraction of sp³-hybridized carbons (Fsp3) is 0.538. The minimum Gasteiger partial charge on any atom is -0.476 e. The summed E-state index contributed by atoms with van der Waals surface area (Å²) in [5.74, 6) is 1.06. The summed E-state index contributed by atoms with van der Waals surface area (Å²) >= 11 is 0. The summed E-state index contributed by atoms with van der Waals surface area (Å²) in [4.78, 5) is 15.1. The van der Waals surface area contributed by atoms with Crippen molar-refractivity contribution in [2.24, 2.45) is 0 Å². The van der Waals surface area contributed by atoms with Crippen LogP contribution in [0.2, 0.25) is 0 Å². The predicted octanol–water partition coefficient (Wildman–Crippen LogP) is 1.56. The van der Waals surface area contributed by atoms with E-state index >= 15 is 0 Å². The Morgan fingerprint density at radius 1 is 1.35 bits per heavy atom. The van der Waals surface area contributed by atoms with E-state index < -0.39 is 0 Å². The number of Topliss-reactive ketones (excluding diaryl/α,β-unsaturated/α-hetero) is 1. The van der Waals surface area contributed by atoms with E-state index in [0.29, 0.717) is 24.3 Å². The van der Waals surface area contributed by atoms with Gasteiger partial charge in [0.25, 0.3) is 0 Å². The number of carbonyl (C=O) groups excluding carboxylic acids is 1. The Morgan fingerprint density at radius 3 is 2.88 bits per heavy atom. The molecule has 1 aliphatic carbocycles. The van der Waals surface area contributed by atoms with Crippen LogP contribution >= 0.6 is 0 Å². The quantitative estimate of drug-likeness (QED) is 0.786. The number of ketones is 1. The number of ether oxygens (including phenoxy) is 1. The molecule has 1 heterocycles. The third-order valence-corrected chi connectivity index (χ3v) is 2.97. The topological polar surface area (TPSA) is 51.2 Å². The lowest BCUT2D eigenvalue weighted by Crippen LogP contribution is -2.35. The summed E-state index contributed by atoms with van der Waals surface area (Å²) in [6, 6.07) is 6.09. The molecule has 2 rings (SSSR count). The molecule has 1 saturated carbocycles. The maximum absolute atomic E-state index is 11.1. The normalized spacial score (nSPS) is 17.1. The van der Waals surface area contributed by atoms with Gasteiger partial charge in [-0.1, -0.05) is 6.07 Å². The van der Waals surface area contributed by atoms with Crippen LogP contribution in [0.5, 0.6) is 5.88 Å². The molecule has 4 nitrogen and oxygen atoms in total. The van der Waals surface area contributed by atoms with Gasteiger partial charge in [-0.15, -0.1) is 0 Å². The Hall–Kier alpha value is -1.42. The number of hydrogen-bond donors (Lipinski definition) is 1. The van der Waals surface area contributed by atoms with Crippen molar-refractivity contribution >= 4 is 5.78 Å². The molecule has 1 aromatic rings. The Labute approximate surface area is 101 Å². The molecule has 0 aliphatic heterocycles. The van der Waals surface area contributed by atoms with Crippen molar-refractivity contribution in [3.05, 3.63) is 24.4 Å². The Kier molecular flexibility index (Phi) is 4.50. The highest BCUT2D eigenvalue weighted by atomic mass is 16.5. The molecule has 0 bridgehead atoms. The molecule has 92 valence electrons. The molecular weight excluding hydrogens is 216 g/mol. The van der Waals surface area contributed by atoms with Gasteiger partial charge in [-0.3, -0.25) is 4.79 Å².